The Morgan fingerprint density at radius 1 is 1.19 bits per heavy atom. The summed E-state index contributed by atoms with van der Waals surface area (Å²) in [7, 11) is 0. The van der Waals surface area contributed by atoms with Gasteiger partial charge in [0.25, 0.3) is 5.91 Å². The van der Waals surface area contributed by atoms with Crippen LogP contribution in [-0.4, -0.2) is 33.4 Å². The quantitative estimate of drug-likeness (QED) is 0.419. The molecule has 0 radical (unpaired) electrons. The molecule has 0 aliphatic heterocycles. The highest BCUT2D eigenvalue weighted by molar-refractivity contribution is 7.13. The Morgan fingerprint density at radius 3 is 2.72 bits per heavy atom. The van der Waals surface area contributed by atoms with Crippen molar-refractivity contribution in [1.29, 1.82) is 0 Å². The van der Waals surface area contributed by atoms with E-state index in [2.05, 4.69) is 20.5 Å². The van der Waals surface area contributed by atoms with Gasteiger partial charge in [-0.15, -0.1) is 16.4 Å². The molecule has 0 saturated heterocycles. The van der Waals surface area contributed by atoms with Crippen molar-refractivity contribution in [2.24, 2.45) is 0 Å². The lowest BCUT2D eigenvalue weighted by Gasteiger charge is -2.17. The zero-order valence-electron chi connectivity index (χ0n) is 17.0. The number of nitrogens with zero attached hydrogens (tertiary/aromatic N) is 3. The molecule has 164 valence electrons. The molecule has 0 saturated carbocycles. The molecule has 2 heterocycles. The lowest BCUT2D eigenvalue weighted by Crippen LogP contribution is -2.31. The van der Waals surface area contributed by atoms with E-state index in [0.29, 0.717) is 21.5 Å². The summed E-state index contributed by atoms with van der Waals surface area (Å²) in [6.07, 6.45) is -3.47. The van der Waals surface area contributed by atoms with Crippen LogP contribution in [-0.2, 0) is 0 Å². The first-order valence-corrected chi connectivity index (χ1v) is 10.4. The molecule has 0 aliphatic carbocycles. The van der Waals surface area contributed by atoms with Gasteiger partial charge in [-0.2, -0.15) is 18.3 Å². The first-order valence-electron chi connectivity index (χ1n) is 9.53. The third kappa shape index (κ3) is 4.54. The number of carbonyl (C=O) groups is 1. The van der Waals surface area contributed by atoms with Gasteiger partial charge in [0.15, 0.2) is 11.2 Å². The summed E-state index contributed by atoms with van der Waals surface area (Å²) in [6, 6.07) is 10.5. The van der Waals surface area contributed by atoms with E-state index in [1.54, 1.807) is 41.9 Å². The second-order valence-corrected chi connectivity index (χ2v) is 7.97. The maximum absolute atomic E-state index is 12.9. The normalized spacial score (nSPS) is 12.5. The highest BCUT2D eigenvalue weighted by Gasteiger charge is 2.38. The van der Waals surface area contributed by atoms with Gasteiger partial charge in [-0.25, -0.2) is 4.98 Å². The molecule has 1 amide bonds. The second-order valence-electron chi connectivity index (χ2n) is 7.07. The number of halogens is 3. The Balaban J connectivity index is 1.67. The Morgan fingerprint density at radius 2 is 2.00 bits per heavy atom. The third-order valence-corrected chi connectivity index (χ3v) is 5.53. The average molecular weight is 458 g/mol. The van der Waals surface area contributed by atoms with E-state index in [1.165, 1.54) is 17.5 Å². The Hall–Kier alpha value is -3.53. The predicted octanol–water partition coefficient (Wildman–Crippen LogP) is 5.64. The van der Waals surface area contributed by atoms with Crippen molar-refractivity contribution in [2.75, 3.05) is 5.32 Å². The van der Waals surface area contributed by atoms with Crippen LogP contribution in [0.3, 0.4) is 0 Å². The number of aryl methyl sites for hydroxylation is 1. The van der Waals surface area contributed by atoms with Gasteiger partial charge in [0.05, 0.1) is 6.20 Å². The van der Waals surface area contributed by atoms with Gasteiger partial charge in [-0.05, 0) is 54.8 Å². The number of amides is 1. The fraction of sp³-hybridized carbons (Fsp3) is 0.182. The number of hydrogen-bond donors (Lipinski definition) is 1. The van der Waals surface area contributed by atoms with Crippen LogP contribution in [0.2, 0.25) is 0 Å². The Kier molecular flexibility index (Phi) is 5.79. The molecule has 2 aromatic heterocycles. The van der Waals surface area contributed by atoms with E-state index >= 15 is 0 Å². The topological polar surface area (TPSA) is 77.0 Å². The molecule has 1 atom stereocenters. The number of benzene rings is 2. The van der Waals surface area contributed by atoms with Crippen LogP contribution >= 0.6 is 11.3 Å². The van der Waals surface area contributed by atoms with E-state index in [4.69, 9.17) is 4.74 Å². The zero-order chi connectivity index (χ0) is 22.9. The maximum Gasteiger partial charge on any atom is 0.425 e. The van der Waals surface area contributed by atoms with Crippen LogP contribution in [0.4, 0.5) is 18.3 Å². The number of anilines is 1. The molecule has 0 fully saturated rings. The standard InChI is InChI=1S/C22H17F3N4O2S/c1-12-3-4-15(19(30)28-21-26-7-8-32-21)10-18(12)14-5-6-17-16(9-14)11-27-29-20(17)31-13(2)22(23,24)25/h3-11,13H,1-2H3,(H,26,28,30)/t13-/m0/s1. The summed E-state index contributed by atoms with van der Waals surface area (Å²) in [4.78, 5) is 16.6. The van der Waals surface area contributed by atoms with Crippen LogP contribution in [0.15, 0.2) is 54.2 Å². The van der Waals surface area contributed by atoms with Crippen LogP contribution in [0.5, 0.6) is 5.88 Å². The first-order chi connectivity index (χ1) is 15.2. The van der Waals surface area contributed by atoms with Crippen molar-refractivity contribution in [2.45, 2.75) is 26.1 Å². The smallest absolute Gasteiger partial charge is 0.425 e. The largest absolute Gasteiger partial charge is 0.463 e. The van der Waals surface area contributed by atoms with E-state index in [0.717, 1.165) is 23.6 Å². The van der Waals surface area contributed by atoms with Crippen molar-refractivity contribution in [3.05, 3.63) is 65.3 Å². The molecule has 2 aromatic carbocycles. The number of alkyl halides is 3. The third-order valence-electron chi connectivity index (χ3n) is 4.84. The molecule has 32 heavy (non-hydrogen) atoms. The van der Waals surface area contributed by atoms with E-state index in [9.17, 15) is 18.0 Å². The molecule has 4 rings (SSSR count). The van der Waals surface area contributed by atoms with Crippen LogP contribution < -0.4 is 10.1 Å². The summed E-state index contributed by atoms with van der Waals surface area (Å²) >= 11 is 1.32. The van der Waals surface area contributed by atoms with E-state index in [1.807, 2.05) is 13.0 Å². The first kappa shape index (κ1) is 21.7. The van der Waals surface area contributed by atoms with Gasteiger partial charge >= 0.3 is 6.18 Å². The van der Waals surface area contributed by atoms with Gasteiger partial charge in [0, 0.05) is 27.9 Å². The van der Waals surface area contributed by atoms with E-state index in [-0.39, 0.29) is 11.8 Å². The molecule has 0 spiro atoms. The van der Waals surface area contributed by atoms with Crippen molar-refractivity contribution in [3.8, 4) is 17.0 Å². The molecule has 0 bridgehead atoms. The molecule has 4 aromatic rings. The lowest BCUT2D eigenvalue weighted by atomic mass is 9.96. The molecule has 0 aliphatic rings. The number of nitrogens with one attached hydrogen (secondary N) is 1. The van der Waals surface area contributed by atoms with Crippen LogP contribution in [0, 0.1) is 6.92 Å². The fourth-order valence-electron chi connectivity index (χ4n) is 3.08. The lowest BCUT2D eigenvalue weighted by molar-refractivity contribution is -0.189. The Labute approximate surface area is 185 Å². The highest BCUT2D eigenvalue weighted by atomic mass is 32.1. The van der Waals surface area contributed by atoms with Crippen molar-refractivity contribution < 1.29 is 22.7 Å². The van der Waals surface area contributed by atoms with Gasteiger partial charge in [-0.1, -0.05) is 12.1 Å². The number of aromatic nitrogens is 3. The Bertz CT molecular complexity index is 1280. The summed E-state index contributed by atoms with van der Waals surface area (Å²) in [5, 5.41) is 13.5. The van der Waals surface area contributed by atoms with Gasteiger partial charge in [0.2, 0.25) is 5.88 Å². The monoisotopic (exact) mass is 458 g/mol. The predicted molar refractivity (Wildman–Crippen MR) is 116 cm³/mol. The van der Waals surface area contributed by atoms with Gasteiger partial charge < -0.3 is 4.74 Å². The molecule has 1 N–H and O–H groups in total. The summed E-state index contributed by atoms with van der Waals surface area (Å²) in [5.74, 6) is -0.475. The summed E-state index contributed by atoms with van der Waals surface area (Å²) in [5.41, 5.74) is 2.97. The van der Waals surface area contributed by atoms with Crippen molar-refractivity contribution >= 4 is 33.1 Å². The number of ether oxygens (including phenoxy) is 1. The minimum absolute atomic E-state index is 0.188. The van der Waals surface area contributed by atoms with E-state index < -0.39 is 12.3 Å². The number of hydrogen-bond acceptors (Lipinski definition) is 6. The van der Waals surface area contributed by atoms with Gasteiger partial charge in [-0.3, -0.25) is 10.1 Å². The number of fused-ring (bicyclic) bond motifs is 1. The minimum Gasteiger partial charge on any atom is -0.463 e. The second kappa shape index (κ2) is 8.54. The fourth-order valence-corrected chi connectivity index (χ4v) is 3.60. The molecule has 6 nitrogen and oxygen atoms in total. The van der Waals surface area contributed by atoms with Crippen molar-refractivity contribution in [1.82, 2.24) is 15.2 Å². The SMILES string of the molecule is Cc1ccc(C(=O)Nc2nccs2)cc1-c1ccc2c(O[C@@H](C)C(F)(F)F)nncc2c1. The molecule has 10 heteroatoms. The number of rotatable bonds is 5. The molecular weight excluding hydrogens is 441 g/mol. The minimum atomic E-state index is -4.51. The summed E-state index contributed by atoms with van der Waals surface area (Å²) < 4.78 is 43.6. The number of thiazole rings is 1. The average Bonchev–Trinajstić information content (AvgIpc) is 3.26. The number of carbonyl (C=O) groups excluding carboxylic acids is 1. The molecule has 0 unspecified atom stereocenters. The summed E-state index contributed by atoms with van der Waals surface area (Å²) in [6.45, 7) is 2.83. The molecular formula is C22H17F3N4O2S. The van der Waals surface area contributed by atoms with Gasteiger partial charge in [0.1, 0.15) is 0 Å². The van der Waals surface area contributed by atoms with Crippen molar-refractivity contribution in [3.63, 3.8) is 0 Å². The highest BCUT2D eigenvalue weighted by Crippen LogP contribution is 2.32. The zero-order valence-corrected chi connectivity index (χ0v) is 17.8. The van der Waals surface area contributed by atoms with Crippen LogP contribution in [0.1, 0.15) is 22.8 Å². The maximum atomic E-state index is 12.9. The van der Waals surface area contributed by atoms with Crippen LogP contribution in [0.25, 0.3) is 21.9 Å².